The number of nitrogens with two attached hydrogens (primary N) is 1. The molecule has 4 nitrogen and oxygen atoms in total. The number of nitrogens with one attached hydrogen (secondary N) is 1. The van der Waals surface area contributed by atoms with Crippen molar-refractivity contribution in [2.24, 2.45) is 0 Å². The van der Waals surface area contributed by atoms with Gasteiger partial charge in [0.25, 0.3) is 0 Å². The monoisotopic (exact) mass is 406 g/mol. The number of nitrogen functional groups attached to an aromatic ring is 1. The molecule has 3 N–H and O–H groups in total. The standard InChI is InChI=1S/C21H15BrN2O2/c1-11-6-2-5-9-15(11)24-16-10-14(22)19(23)18-17(16)20(25)12-7-3-4-8-13(12)21(18)26/h2-10,24H,23H2,1H3. The minimum atomic E-state index is -0.234. The lowest BCUT2D eigenvalue weighted by molar-refractivity contribution is 0.0980. The largest absolute Gasteiger partial charge is 0.397 e. The first-order valence-corrected chi connectivity index (χ1v) is 8.91. The highest BCUT2D eigenvalue weighted by molar-refractivity contribution is 9.10. The van der Waals surface area contributed by atoms with Crippen molar-refractivity contribution in [1.29, 1.82) is 0 Å². The summed E-state index contributed by atoms with van der Waals surface area (Å²) in [4.78, 5) is 26.2. The molecule has 0 fully saturated rings. The number of anilines is 3. The maximum absolute atomic E-state index is 13.1. The van der Waals surface area contributed by atoms with Gasteiger partial charge in [0.15, 0.2) is 11.6 Å². The van der Waals surface area contributed by atoms with Crippen LogP contribution in [0, 0.1) is 6.92 Å². The maximum atomic E-state index is 13.1. The Labute approximate surface area is 159 Å². The van der Waals surface area contributed by atoms with Gasteiger partial charge in [0, 0.05) is 21.3 Å². The summed E-state index contributed by atoms with van der Waals surface area (Å²) in [7, 11) is 0. The van der Waals surface area contributed by atoms with E-state index in [1.807, 2.05) is 31.2 Å². The SMILES string of the molecule is Cc1ccccc1Nc1cc(Br)c(N)c2c1C(=O)c1ccccc1C2=O. The van der Waals surface area contributed by atoms with Crippen LogP contribution in [-0.2, 0) is 0 Å². The van der Waals surface area contributed by atoms with E-state index in [0.29, 0.717) is 26.9 Å². The van der Waals surface area contributed by atoms with Crippen LogP contribution in [0.2, 0.25) is 0 Å². The van der Waals surface area contributed by atoms with Gasteiger partial charge in [0.1, 0.15) is 0 Å². The van der Waals surface area contributed by atoms with Gasteiger partial charge >= 0.3 is 0 Å². The highest BCUT2D eigenvalue weighted by Crippen LogP contribution is 2.40. The second kappa shape index (κ2) is 6.11. The van der Waals surface area contributed by atoms with Gasteiger partial charge < -0.3 is 11.1 Å². The number of hydrogen-bond acceptors (Lipinski definition) is 4. The third kappa shape index (κ3) is 2.44. The summed E-state index contributed by atoms with van der Waals surface area (Å²) in [5, 5.41) is 3.29. The molecule has 0 aromatic heterocycles. The van der Waals surface area contributed by atoms with Crippen molar-refractivity contribution >= 4 is 44.6 Å². The molecule has 0 atom stereocenters. The van der Waals surface area contributed by atoms with Gasteiger partial charge in [-0.25, -0.2) is 0 Å². The van der Waals surface area contributed by atoms with Gasteiger partial charge in [-0.05, 0) is 40.5 Å². The van der Waals surface area contributed by atoms with Gasteiger partial charge in [-0.1, -0.05) is 42.5 Å². The van der Waals surface area contributed by atoms with Crippen LogP contribution in [0.15, 0.2) is 59.1 Å². The van der Waals surface area contributed by atoms with Crippen LogP contribution in [0.3, 0.4) is 0 Å². The number of para-hydroxylation sites is 1. The summed E-state index contributed by atoms with van der Waals surface area (Å²) in [6, 6.07) is 16.3. The van der Waals surface area contributed by atoms with Crippen molar-refractivity contribution in [3.63, 3.8) is 0 Å². The summed E-state index contributed by atoms with van der Waals surface area (Å²) < 4.78 is 0.577. The fourth-order valence-electron chi connectivity index (χ4n) is 3.24. The molecule has 3 aromatic rings. The van der Waals surface area contributed by atoms with E-state index in [9.17, 15) is 9.59 Å². The fourth-order valence-corrected chi connectivity index (χ4v) is 3.67. The van der Waals surface area contributed by atoms with Crippen LogP contribution in [0.25, 0.3) is 0 Å². The fraction of sp³-hybridized carbons (Fsp3) is 0.0476. The third-order valence-corrected chi connectivity index (χ3v) is 5.26. The van der Waals surface area contributed by atoms with Gasteiger partial charge in [0.05, 0.1) is 22.5 Å². The van der Waals surface area contributed by atoms with Gasteiger partial charge in [-0.2, -0.15) is 0 Å². The number of hydrogen-bond donors (Lipinski definition) is 2. The molecule has 3 aromatic carbocycles. The number of aryl methyl sites for hydroxylation is 1. The van der Waals surface area contributed by atoms with Crippen LogP contribution in [0.5, 0.6) is 0 Å². The van der Waals surface area contributed by atoms with Crippen LogP contribution in [-0.4, -0.2) is 11.6 Å². The smallest absolute Gasteiger partial charge is 0.196 e. The number of rotatable bonds is 2. The van der Waals surface area contributed by atoms with E-state index in [1.165, 1.54) is 0 Å². The predicted octanol–water partition coefficient (Wildman–Crippen LogP) is 4.86. The Hall–Kier alpha value is -2.92. The van der Waals surface area contributed by atoms with Crippen molar-refractivity contribution in [3.8, 4) is 0 Å². The van der Waals surface area contributed by atoms with E-state index >= 15 is 0 Å². The zero-order valence-corrected chi connectivity index (χ0v) is 15.6. The molecule has 0 saturated heterocycles. The Morgan fingerprint density at radius 3 is 2.08 bits per heavy atom. The number of carbonyl (C=O) groups is 2. The summed E-state index contributed by atoms with van der Waals surface area (Å²) in [6.07, 6.45) is 0. The molecule has 4 rings (SSSR count). The van der Waals surface area contributed by atoms with E-state index in [2.05, 4.69) is 21.2 Å². The Balaban J connectivity index is 1.96. The lowest BCUT2D eigenvalue weighted by atomic mass is 9.82. The molecule has 1 aliphatic carbocycles. The zero-order valence-electron chi connectivity index (χ0n) is 14.0. The minimum Gasteiger partial charge on any atom is -0.397 e. The Morgan fingerprint density at radius 1 is 0.846 bits per heavy atom. The van der Waals surface area contributed by atoms with Crippen molar-refractivity contribution in [3.05, 3.63) is 86.9 Å². The topological polar surface area (TPSA) is 72.2 Å². The molecule has 0 amide bonds. The zero-order chi connectivity index (χ0) is 18.4. The summed E-state index contributed by atoms with van der Waals surface area (Å²) in [6.45, 7) is 1.98. The lowest BCUT2D eigenvalue weighted by Crippen LogP contribution is -2.24. The molecule has 26 heavy (non-hydrogen) atoms. The molecule has 5 heteroatoms. The van der Waals surface area contributed by atoms with Crippen LogP contribution in [0.4, 0.5) is 17.1 Å². The number of halogens is 1. The summed E-state index contributed by atoms with van der Waals surface area (Å²) in [5.41, 5.74) is 10.2. The highest BCUT2D eigenvalue weighted by Gasteiger charge is 2.34. The number of carbonyl (C=O) groups excluding carboxylic acids is 2. The van der Waals surface area contributed by atoms with Crippen molar-refractivity contribution in [1.82, 2.24) is 0 Å². The molecule has 0 bridgehead atoms. The predicted molar refractivity (Wildman–Crippen MR) is 106 cm³/mol. The number of benzene rings is 3. The molecule has 0 aliphatic heterocycles. The van der Waals surface area contributed by atoms with E-state index in [-0.39, 0.29) is 22.8 Å². The van der Waals surface area contributed by atoms with E-state index in [1.54, 1.807) is 30.3 Å². The summed E-state index contributed by atoms with van der Waals surface area (Å²) in [5.74, 6) is -0.438. The molecule has 1 aliphatic rings. The molecule has 0 saturated carbocycles. The second-order valence-electron chi connectivity index (χ2n) is 6.21. The van der Waals surface area contributed by atoms with Crippen molar-refractivity contribution in [2.45, 2.75) is 6.92 Å². The third-order valence-electron chi connectivity index (χ3n) is 4.60. The van der Waals surface area contributed by atoms with Gasteiger partial charge in [0.2, 0.25) is 0 Å². The molecule has 0 radical (unpaired) electrons. The quantitative estimate of drug-likeness (QED) is 0.466. The average Bonchev–Trinajstić information content (AvgIpc) is 2.64. The second-order valence-corrected chi connectivity index (χ2v) is 7.07. The van der Waals surface area contributed by atoms with Gasteiger partial charge in [-0.15, -0.1) is 0 Å². The van der Waals surface area contributed by atoms with Gasteiger partial charge in [-0.3, -0.25) is 9.59 Å². The molecule has 0 spiro atoms. The van der Waals surface area contributed by atoms with Crippen LogP contribution >= 0.6 is 15.9 Å². The number of fused-ring (bicyclic) bond motifs is 2. The Morgan fingerprint density at radius 2 is 1.42 bits per heavy atom. The lowest BCUT2D eigenvalue weighted by Gasteiger charge is -2.23. The highest BCUT2D eigenvalue weighted by atomic mass is 79.9. The van der Waals surface area contributed by atoms with Crippen LogP contribution < -0.4 is 11.1 Å². The van der Waals surface area contributed by atoms with Crippen molar-refractivity contribution < 1.29 is 9.59 Å². The summed E-state index contributed by atoms with van der Waals surface area (Å²) >= 11 is 3.42. The normalized spacial score (nSPS) is 12.5. The van der Waals surface area contributed by atoms with Crippen molar-refractivity contribution in [2.75, 3.05) is 11.1 Å². The molecule has 128 valence electrons. The average molecular weight is 407 g/mol. The van der Waals surface area contributed by atoms with E-state index in [4.69, 9.17) is 5.73 Å². The first kappa shape index (κ1) is 16.5. The first-order chi connectivity index (χ1) is 12.5. The molecular weight excluding hydrogens is 392 g/mol. The molecular formula is C21H15BrN2O2. The Kier molecular flexibility index (Phi) is 3.89. The van der Waals surface area contributed by atoms with E-state index < -0.39 is 0 Å². The maximum Gasteiger partial charge on any atom is 0.196 e. The Bertz CT molecular complexity index is 1090. The first-order valence-electron chi connectivity index (χ1n) is 8.12. The molecule has 0 heterocycles. The minimum absolute atomic E-state index is 0.203. The number of ketones is 2. The van der Waals surface area contributed by atoms with E-state index in [0.717, 1.165) is 11.3 Å². The van der Waals surface area contributed by atoms with Crippen LogP contribution in [0.1, 0.15) is 37.4 Å². The molecule has 0 unspecified atom stereocenters.